The van der Waals surface area contributed by atoms with Gasteiger partial charge in [0.2, 0.25) is 0 Å². The Morgan fingerprint density at radius 2 is 1.80 bits per heavy atom. The molecule has 1 atom stereocenters. The van der Waals surface area contributed by atoms with Gasteiger partial charge in [0, 0.05) is 26.2 Å². The van der Waals surface area contributed by atoms with Crippen molar-refractivity contribution in [2.24, 2.45) is 4.99 Å². The Labute approximate surface area is 255 Å². The minimum absolute atomic E-state index is 0.00829. The van der Waals surface area contributed by atoms with E-state index in [4.69, 9.17) is 9.73 Å². The Balaban J connectivity index is 1.44. The van der Waals surface area contributed by atoms with E-state index in [0.29, 0.717) is 4.53 Å². The van der Waals surface area contributed by atoms with E-state index in [9.17, 15) is 4.79 Å². The van der Waals surface area contributed by atoms with Crippen LogP contribution < -0.4 is 19.6 Å². The van der Waals surface area contributed by atoms with Crippen LogP contribution in [0, 0.1) is 17.4 Å². The quantitative estimate of drug-likeness (QED) is 0.210. The molecule has 5 nitrogen and oxygen atoms in total. The van der Waals surface area contributed by atoms with E-state index in [1.807, 2.05) is 28.8 Å². The monoisotopic (exact) mass is 669 g/mol. The van der Waals surface area contributed by atoms with Gasteiger partial charge in [-0.2, -0.15) is 0 Å². The first-order valence-corrected chi connectivity index (χ1v) is 15.5. The number of thiazole rings is 1. The highest BCUT2D eigenvalue weighted by atomic mass is 127. The summed E-state index contributed by atoms with van der Waals surface area (Å²) in [6, 6.07) is 27.0. The molecule has 0 saturated heterocycles. The second-order valence-electron chi connectivity index (χ2n) is 10.5. The van der Waals surface area contributed by atoms with E-state index in [1.165, 1.54) is 31.6 Å². The van der Waals surface area contributed by atoms with E-state index in [-0.39, 0.29) is 11.6 Å². The molecule has 2 aliphatic rings. The number of rotatable bonds is 4. The number of aromatic nitrogens is 2. The fourth-order valence-corrected chi connectivity index (χ4v) is 7.55. The van der Waals surface area contributed by atoms with Crippen molar-refractivity contribution in [2.45, 2.75) is 32.7 Å². The molecule has 0 N–H and O–H groups in total. The Kier molecular flexibility index (Phi) is 6.59. The topological polar surface area (TPSA) is 48.5 Å². The van der Waals surface area contributed by atoms with Gasteiger partial charge in [-0.15, -0.1) is 0 Å². The number of methoxy groups -OCH3 is 1. The molecule has 2 aromatic heterocycles. The number of hydrogen-bond acceptors (Lipinski definition) is 4. The first-order chi connectivity index (χ1) is 19.9. The molecule has 1 aliphatic heterocycles. The van der Waals surface area contributed by atoms with Crippen molar-refractivity contribution < 1.29 is 4.74 Å². The van der Waals surface area contributed by atoms with Gasteiger partial charge in [0.05, 0.1) is 23.4 Å². The number of hydrogen-bond donors (Lipinski definition) is 0. The van der Waals surface area contributed by atoms with E-state index in [1.54, 1.807) is 7.11 Å². The van der Waals surface area contributed by atoms with Gasteiger partial charge in [-0.05, 0) is 120 Å². The SMILES string of the molecule is COc1cccc(C2C3=C(N=c4s/c(=C/c5cc(C)n(-c6ccc(I)cc6)c5C)c(=O)n42)c2ccccc2CC3)c1. The number of allylic oxidation sites excluding steroid dienone is 1. The third-order valence-corrected chi connectivity index (χ3v) is 9.83. The lowest BCUT2D eigenvalue weighted by Gasteiger charge is -2.31. The molecule has 0 spiro atoms. The third-order valence-electron chi connectivity index (χ3n) is 8.12. The first-order valence-electron chi connectivity index (χ1n) is 13.6. The van der Waals surface area contributed by atoms with Crippen LogP contribution in [0.4, 0.5) is 0 Å². The molecular weight excluding hydrogens is 641 g/mol. The lowest BCUT2D eigenvalue weighted by Crippen LogP contribution is -2.38. The lowest BCUT2D eigenvalue weighted by atomic mass is 9.83. The summed E-state index contributed by atoms with van der Waals surface area (Å²) in [4.78, 5) is 20.1. The van der Waals surface area contributed by atoms with Gasteiger partial charge in [0.25, 0.3) is 5.56 Å². The van der Waals surface area contributed by atoms with Gasteiger partial charge >= 0.3 is 0 Å². The van der Waals surface area contributed by atoms with Gasteiger partial charge in [0.1, 0.15) is 5.75 Å². The van der Waals surface area contributed by atoms with Crippen molar-refractivity contribution in [1.29, 1.82) is 0 Å². The van der Waals surface area contributed by atoms with Crippen LogP contribution in [-0.2, 0) is 6.42 Å². The Hall–Kier alpha value is -3.69. The van der Waals surface area contributed by atoms with Crippen LogP contribution in [0.3, 0.4) is 0 Å². The molecule has 0 bridgehead atoms. The molecule has 1 aliphatic carbocycles. The van der Waals surface area contributed by atoms with Crippen molar-refractivity contribution in [2.75, 3.05) is 7.11 Å². The summed E-state index contributed by atoms with van der Waals surface area (Å²) in [7, 11) is 1.68. The highest BCUT2D eigenvalue weighted by Gasteiger charge is 2.32. The van der Waals surface area contributed by atoms with E-state index < -0.39 is 0 Å². The van der Waals surface area contributed by atoms with Crippen LogP contribution in [0.5, 0.6) is 5.75 Å². The van der Waals surface area contributed by atoms with E-state index in [0.717, 1.165) is 57.3 Å². The van der Waals surface area contributed by atoms with Crippen LogP contribution in [0.2, 0.25) is 0 Å². The first kappa shape index (κ1) is 26.2. The van der Waals surface area contributed by atoms with Crippen molar-refractivity contribution in [3.8, 4) is 11.4 Å². The van der Waals surface area contributed by atoms with Gasteiger partial charge in [-0.3, -0.25) is 9.36 Å². The molecule has 3 aromatic carbocycles. The summed E-state index contributed by atoms with van der Waals surface area (Å²) < 4.78 is 11.6. The van der Waals surface area contributed by atoms with Crippen molar-refractivity contribution in [3.63, 3.8) is 0 Å². The minimum Gasteiger partial charge on any atom is -0.497 e. The summed E-state index contributed by atoms with van der Waals surface area (Å²) in [5.41, 5.74) is 10.1. The predicted molar refractivity (Wildman–Crippen MR) is 174 cm³/mol. The maximum atomic E-state index is 14.2. The zero-order chi connectivity index (χ0) is 28.2. The second kappa shape index (κ2) is 10.3. The van der Waals surface area contributed by atoms with Gasteiger partial charge in [0.15, 0.2) is 4.80 Å². The molecule has 0 saturated carbocycles. The normalized spacial score (nSPS) is 16.2. The molecule has 7 heteroatoms. The molecule has 0 amide bonds. The molecule has 0 radical (unpaired) electrons. The average Bonchev–Trinajstić information content (AvgIpc) is 3.45. The molecule has 0 fully saturated rings. The summed E-state index contributed by atoms with van der Waals surface area (Å²) >= 11 is 3.80. The number of aryl methyl sites for hydroxylation is 2. The Bertz CT molecular complexity index is 2050. The van der Waals surface area contributed by atoms with Crippen molar-refractivity contribution in [3.05, 3.63) is 141 Å². The smallest absolute Gasteiger partial charge is 0.271 e. The molecule has 5 aromatic rings. The maximum Gasteiger partial charge on any atom is 0.271 e. The van der Waals surface area contributed by atoms with Crippen LogP contribution in [0.15, 0.2) is 94.2 Å². The Morgan fingerprint density at radius 3 is 2.61 bits per heavy atom. The highest BCUT2D eigenvalue weighted by Crippen LogP contribution is 2.41. The summed E-state index contributed by atoms with van der Waals surface area (Å²) in [5.74, 6) is 0.781. The van der Waals surface area contributed by atoms with Crippen LogP contribution in [0.1, 0.15) is 46.1 Å². The maximum absolute atomic E-state index is 14.2. The summed E-state index contributed by atoms with van der Waals surface area (Å²) in [6.45, 7) is 4.22. The Morgan fingerprint density at radius 1 is 1.00 bits per heavy atom. The van der Waals surface area contributed by atoms with Gasteiger partial charge < -0.3 is 9.30 Å². The third kappa shape index (κ3) is 4.42. The molecule has 1 unspecified atom stereocenters. The predicted octanol–water partition coefficient (Wildman–Crippen LogP) is 6.34. The van der Waals surface area contributed by atoms with Gasteiger partial charge in [-0.25, -0.2) is 4.99 Å². The second-order valence-corrected chi connectivity index (χ2v) is 12.8. The van der Waals surface area contributed by atoms with E-state index in [2.05, 4.69) is 102 Å². The largest absolute Gasteiger partial charge is 0.497 e. The zero-order valence-electron chi connectivity index (χ0n) is 23.0. The van der Waals surface area contributed by atoms with Crippen molar-refractivity contribution in [1.82, 2.24) is 9.13 Å². The fourth-order valence-electron chi connectivity index (χ4n) is 6.20. The number of fused-ring (bicyclic) bond motifs is 3. The number of halogens is 1. The molecular formula is C34H28IN3O2S. The molecule has 41 heavy (non-hydrogen) atoms. The van der Waals surface area contributed by atoms with E-state index >= 15 is 0 Å². The number of benzene rings is 3. The standard InChI is InChI=1S/C34H28IN3O2S/c1-20-17-24(21(2)37(20)26-14-12-25(35)13-15-26)19-30-33(39)38-32(23-8-6-9-27(18-23)40-3)29-16-11-22-7-4-5-10-28(22)31(29)36-34(38)41-30/h4-10,12-15,17-19,32H,11,16H2,1-3H3/b30-19+. The van der Waals surface area contributed by atoms with Crippen LogP contribution in [0.25, 0.3) is 17.5 Å². The van der Waals surface area contributed by atoms with Crippen LogP contribution >= 0.6 is 33.9 Å². The highest BCUT2D eigenvalue weighted by molar-refractivity contribution is 14.1. The minimum atomic E-state index is -0.230. The fraction of sp³-hybridized carbons (Fsp3) is 0.176. The molecule has 3 heterocycles. The summed E-state index contributed by atoms with van der Waals surface area (Å²) in [5, 5.41) is 0. The number of nitrogens with zero attached hydrogens (tertiary/aromatic N) is 3. The average molecular weight is 670 g/mol. The van der Waals surface area contributed by atoms with Crippen LogP contribution in [-0.4, -0.2) is 16.2 Å². The summed E-state index contributed by atoms with van der Waals surface area (Å²) in [6.07, 6.45) is 3.83. The molecule has 7 rings (SSSR count). The lowest BCUT2D eigenvalue weighted by molar-refractivity contribution is 0.413. The van der Waals surface area contributed by atoms with Gasteiger partial charge in [-0.1, -0.05) is 47.7 Å². The number of ether oxygens (including phenoxy) is 1. The molecule has 204 valence electrons. The van der Waals surface area contributed by atoms with Crippen molar-refractivity contribution >= 4 is 45.7 Å². The zero-order valence-corrected chi connectivity index (χ0v) is 26.0.